The van der Waals surface area contributed by atoms with E-state index >= 15 is 0 Å². The van der Waals surface area contributed by atoms with E-state index < -0.39 is 0 Å². The van der Waals surface area contributed by atoms with Gasteiger partial charge in [0.15, 0.2) is 6.61 Å². The average molecular weight is 290 g/mol. The van der Waals surface area contributed by atoms with E-state index in [-0.39, 0.29) is 12.5 Å². The molecule has 0 atom stereocenters. The topological polar surface area (TPSA) is 55.6 Å². The standard InChI is InChI=1S/C17H26N2O2/c1-17(2)10-8-13(9-11-17)19(3)16(20)12-21-15-7-5-4-6-14(15)18/h4-7,13H,8-12,18H2,1-3H3. The number of nitrogens with zero attached hydrogens (tertiary/aromatic N) is 1. The quantitative estimate of drug-likeness (QED) is 0.867. The monoisotopic (exact) mass is 290 g/mol. The van der Waals surface area contributed by atoms with E-state index in [0.29, 0.717) is 22.9 Å². The lowest BCUT2D eigenvalue weighted by molar-refractivity contribution is -0.135. The molecule has 21 heavy (non-hydrogen) atoms. The van der Waals surface area contributed by atoms with Crippen molar-refractivity contribution in [3.8, 4) is 5.75 Å². The molecular formula is C17H26N2O2. The average Bonchev–Trinajstić information content (AvgIpc) is 2.45. The third kappa shape index (κ3) is 4.13. The number of nitrogens with two attached hydrogens (primary N) is 1. The number of benzene rings is 1. The molecule has 2 N–H and O–H groups in total. The second-order valence-corrected chi connectivity index (χ2v) is 6.73. The third-order valence-electron chi connectivity index (χ3n) is 4.52. The number of likely N-dealkylation sites (N-methyl/N-ethyl adjacent to an activating group) is 1. The summed E-state index contributed by atoms with van der Waals surface area (Å²) in [7, 11) is 1.88. The lowest BCUT2D eigenvalue weighted by atomic mass is 9.75. The minimum atomic E-state index is 0.0166. The molecular weight excluding hydrogens is 264 g/mol. The predicted molar refractivity (Wildman–Crippen MR) is 85.2 cm³/mol. The number of amides is 1. The largest absolute Gasteiger partial charge is 0.482 e. The maximum absolute atomic E-state index is 12.2. The summed E-state index contributed by atoms with van der Waals surface area (Å²) >= 11 is 0. The van der Waals surface area contributed by atoms with Crippen molar-refractivity contribution in [2.45, 2.75) is 45.6 Å². The first-order valence-electron chi connectivity index (χ1n) is 7.62. The van der Waals surface area contributed by atoms with Gasteiger partial charge in [-0.25, -0.2) is 0 Å². The maximum Gasteiger partial charge on any atom is 0.260 e. The van der Waals surface area contributed by atoms with Crippen LogP contribution in [0.2, 0.25) is 0 Å². The molecule has 0 spiro atoms. The molecule has 2 rings (SSSR count). The molecule has 4 heteroatoms. The normalized spacial score (nSPS) is 18.2. The molecule has 1 aliphatic carbocycles. The summed E-state index contributed by atoms with van der Waals surface area (Å²) < 4.78 is 5.54. The van der Waals surface area contributed by atoms with Gasteiger partial charge in [-0.1, -0.05) is 26.0 Å². The highest BCUT2D eigenvalue weighted by Gasteiger charge is 2.30. The number of ether oxygens (including phenoxy) is 1. The zero-order chi connectivity index (χ0) is 15.5. The molecule has 0 saturated heterocycles. The van der Waals surface area contributed by atoms with E-state index in [2.05, 4.69) is 13.8 Å². The van der Waals surface area contributed by atoms with Crippen molar-refractivity contribution >= 4 is 11.6 Å². The smallest absolute Gasteiger partial charge is 0.260 e. The number of nitrogen functional groups attached to an aromatic ring is 1. The van der Waals surface area contributed by atoms with E-state index in [1.165, 1.54) is 12.8 Å². The second kappa shape index (κ2) is 6.37. The molecule has 1 aromatic rings. The van der Waals surface area contributed by atoms with Gasteiger partial charge in [-0.2, -0.15) is 0 Å². The van der Waals surface area contributed by atoms with Crippen LogP contribution in [0.15, 0.2) is 24.3 Å². The molecule has 0 unspecified atom stereocenters. The van der Waals surface area contributed by atoms with Crippen LogP contribution in [0.1, 0.15) is 39.5 Å². The van der Waals surface area contributed by atoms with E-state index in [9.17, 15) is 4.79 Å². The Bertz CT molecular complexity index is 489. The Labute approximate surface area is 127 Å². The van der Waals surface area contributed by atoms with Gasteiger partial charge in [0.1, 0.15) is 5.75 Å². The molecule has 4 nitrogen and oxygen atoms in total. The molecule has 1 amide bonds. The SMILES string of the molecule is CN(C(=O)COc1ccccc1N)C1CCC(C)(C)CC1. The van der Waals surface area contributed by atoms with Gasteiger partial charge < -0.3 is 15.4 Å². The van der Waals surface area contributed by atoms with Crippen LogP contribution in [0.5, 0.6) is 5.75 Å². The summed E-state index contributed by atoms with van der Waals surface area (Å²) in [5, 5.41) is 0. The van der Waals surface area contributed by atoms with Gasteiger partial charge in [-0.15, -0.1) is 0 Å². The summed E-state index contributed by atoms with van der Waals surface area (Å²) in [4.78, 5) is 14.1. The Morgan fingerprint density at radius 3 is 2.57 bits per heavy atom. The molecule has 0 aliphatic heterocycles. The summed E-state index contributed by atoms with van der Waals surface area (Å²) in [6, 6.07) is 7.59. The van der Waals surface area contributed by atoms with Crippen LogP contribution in [-0.2, 0) is 4.79 Å². The molecule has 0 bridgehead atoms. The first-order chi connectivity index (χ1) is 9.89. The van der Waals surface area contributed by atoms with Crippen LogP contribution in [0, 0.1) is 5.41 Å². The molecule has 0 radical (unpaired) electrons. The van der Waals surface area contributed by atoms with Crippen LogP contribution in [0.4, 0.5) is 5.69 Å². The molecule has 1 fully saturated rings. The van der Waals surface area contributed by atoms with Gasteiger partial charge in [0.2, 0.25) is 0 Å². The van der Waals surface area contributed by atoms with E-state index in [1.807, 2.05) is 24.1 Å². The molecule has 1 aliphatic rings. The van der Waals surface area contributed by atoms with Crippen molar-refractivity contribution in [1.82, 2.24) is 4.90 Å². The van der Waals surface area contributed by atoms with Crippen molar-refractivity contribution in [2.24, 2.45) is 5.41 Å². The lowest BCUT2D eigenvalue weighted by Crippen LogP contribution is -2.42. The number of carbonyl (C=O) groups excluding carboxylic acids is 1. The zero-order valence-corrected chi connectivity index (χ0v) is 13.3. The molecule has 116 valence electrons. The van der Waals surface area contributed by atoms with Crippen LogP contribution < -0.4 is 10.5 Å². The maximum atomic E-state index is 12.2. The summed E-state index contributed by atoms with van der Waals surface area (Å²) in [6.45, 7) is 4.64. The van der Waals surface area contributed by atoms with Crippen molar-refractivity contribution < 1.29 is 9.53 Å². The van der Waals surface area contributed by atoms with E-state index in [1.54, 1.807) is 12.1 Å². The number of para-hydroxylation sites is 2. The molecule has 0 heterocycles. The molecule has 0 aromatic heterocycles. The Kier molecular flexibility index (Phi) is 4.76. The van der Waals surface area contributed by atoms with E-state index in [0.717, 1.165) is 12.8 Å². The van der Waals surface area contributed by atoms with Crippen LogP contribution in [0.25, 0.3) is 0 Å². The summed E-state index contributed by atoms with van der Waals surface area (Å²) in [5.74, 6) is 0.590. The highest BCUT2D eigenvalue weighted by atomic mass is 16.5. The van der Waals surface area contributed by atoms with Crippen LogP contribution >= 0.6 is 0 Å². The van der Waals surface area contributed by atoms with Gasteiger partial charge >= 0.3 is 0 Å². The van der Waals surface area contributed by atoms with Gasteiger partial charge in [0, 0.05) is 13.1 Å². The van der Waals surface area contributed by atoms with Gasteiger partial charge in [0.05, 0.1) is 5.69 Å². The summed E-state index contributed by atoms with van der Waals surface area (Å²) in [5.41, 5.74) is 6.78. The zero-order valence-electron chi connectivity index (χ0n) is 13.3. The van der Waals surface area contributed by atoms with Gasteiger partial charge in [-0.05, 0) is 43.2 Å². The number of hydrogen-bond donors (Lipinski definition) is 1. The first kappa shape index (κ1) is 15.7. The minimum Gasteiger partial charge on any atom is -0.482 e. The number of anilines is 1. The Morgan fingerprint density at radius 2 is 1.95 bits per heavy atom. The Balaban J connectivity index is 1.85. The number of carbonyl (C=O) groups is 1. The number of hydrogen-bond acceptors (Lipinski definition) is 3. The fourth-order valence-corrected chi connectivity index (χ4v) is 2.83. The van der Waals surface area contributed by atoms with Crippen molar-refractivity contribution in [2.75, 3.05) is 19.4 Å². The van der Waals surface area contributed by atoms with Crippen LogP contribution in [-0.4, -0.2) is 30.5 Å². The molecule has 1 aromatic carbocycles. The van der Waals surface area contributed by atoms with Crippen LogP contribution in [0.3, 0.4) is 0 Å². The van der Waals surface area contributed by atoms with Gasteiger partial charge in [-0.3, -0.25) is 4.79 Å². The fourth-order valence-electron chi connectivity index (χ4n) is 2.83. The van der Waals surface area contributed by atoms with Crippen molar-refractivity contribution in [1.29, 1.82) is 0 Å². The van der Waals surface area contributed by atoms with Gasteiger partial charge in [0.25, 0.3) is 5.91 Å². The fraction of sp³-hybridized carbons (Fsp3) is 0.588. The predicted octanol–water partition coefficient (Wildman–Crippen LogP) is 3.07. The second-order valence-electron chi connectivity index (χ2n) is 6.73. The van der Waals surface area contributed by atoms with Crippen molar-refractivity contribution in [3.05, 3.63) is 24.3 Å². The third-order valence-corrected chi connectivity index (χ3v) is 4.52. The van der Waals surface area contributed by atoms with Crippen molar-refractivity contribution in [3.63, 3.8) is 0 Å². The highest BCUT2D eigenvalue weighted by molar-refractivity contribution is 5.78. The minimum absolute atomic E-state index is 0.0166. The van der Waals surface area contributed by atoms with E-state index in [4.69, 9.17) is 10.5 Å². The Morgan fingerprint density at radius 1 is 1.33 bits per heavy atom. The Hall–Kier alpha value is -1.71. The highest BCUT2D eigenvalue weighted by Crippen LogP contribution is 2.36. The first-order valence-corrected chi connectivity index (χ1v) is 7.62. The lowest BCUT2D eigenvalue weighted by Gasteiger charge is -2.38. The molecule has 1 saturated carbocycles. The summed E-state index contributed by atoms with van der Waals surface area (Å²) in [6.07, 6.45) is 4.48. The number of rotatable bonds is 4.